The molecule has 0 spiro atoms. The van der Waals surface area contributed by atoms with Gasteiger partial charge in [-0.15, -0.1) is 11.3 Å². The van der Waals surface area contributed by atoms with Gasteiger partial charge in [-0.05, 0) is 32.9 Å². The molecule has 2 rings (SSSR count). The Balaban J connectivity index is 2.08. The summed E-state index contributed by atoms with van der Waals surface area (Å²) < 4.78 is 0. The summed E-state index contributed by atoms with van der Waals surface area (Å²) >= 11 is 1.59. The minimum Gasteiger partial charge on any atom is -0.343 e. The number of pyridine rings is 1. The van der Waals surface area contributed by atoms with Crippen LogP contribution < -0.4 is 16.6 Å². The number of nitrogen functional groups attached to an aromatic ring is 1. The standard InChI is InChI=1S/C13H17N5OS/c1-7-12(20-9(3)16-7)8(2)17-13(19)11-5-4-10(18-14)6-15-11/h4-6,8,18H,14H2,1-3H3,(H,17,19). The van der Waals surface area contributed by atoms with Crippen molar-refractivity contribution in [1.82, 2.24) is 15.3 Å². The number of hydrazine groups is 1. The summed E-state index contributed by atoms with van der Waals surface area (Å²) in [7, 11) is 0. The van der Waals surface area contributed by atoms with Gasteiger partial charge in [0.05, 0.1) is 28.6 Å². The number of aromatic nitrogens is 2. The molecular formula is C13H17N5OS. The van der Waals surface area contributed by atoms with E-state index in [4.69, 9.17) is 5.84 Å². The molecule has 0 aromatic carbocycles. The quantitative estimate of drug-likeness (QED) is 0.591. The Morgan fingerprint density at radius 3 is 2.65 bits per heavy atom. The van der Waals surface area contributed by atoms with Crippen molar-refractivity contribution >= 4 is 22.9 Å². The van der Waals surface area contributed by atoms with Gasteiger partial charge in [-0.3, -0.25) is 10.6 Å². The van der Waals surface area contributed by atoms with Crippen molar-refractivity contribution in [3.8, 4) is 0 Å². The average Bonchev–Trinajstić information content (AvgIpc) is 2.78. The Labute approximate surface area is 121 Å². The first-order valence-corrected chi connectivity index (χ1v) is 7.00. The molecule has 20 heavy (non-hydrogen) atoms. The molecule has 2 aromatic rings. The van der Waals surface area contributed by atoms with Crippen LogP contribution in [0.25, 0.3) is 0 Å². The first-order valence-electron chi connectivity index (χ1n) is 6.18. The van der Waals surface area contributed by atoms with Gasteiger partial charge >= 0.3 is 0 Å². The number of rotatable bonds is 4. The first-order chi connectivity index (χ1) is 9.51. The second-order valence-electron chi connectivity index (χ2n) is 4.45. The molecule has 4 N–H and O–H groups in total. The predicted molar refractivity (Wildman–Crippen MR) is 79.5 cm³/mol. The number of hydrogen-bond acceptors (Lipinski definition) is 6. The fourth-order valence-corrected chi connectivity index (χ4v) is 2.83. The number of nitrogens with two attached hydrogens (primary N) is 1. The van der Waals surface area contributed by atoms with E-state index in [1.165, 1.54) is 6.20 Å². The van der Waals surface area contributed by atoms with Crippen LogP contribution in [0.3, 0.4) is 0 Å². The highest BCUT2D eigenvalue weighted by Gasteiger charge is 2.16. The van der Waals surface area contributed by atoms with E-state index >= 15 is 0 Å². The molecule has 1 unspecified atom stereocenters. The fraction of sp³-hybridized carbons (Fsp3) is 0.308. The molecule has 0 aliphatic rings. The lowest BCUT2D eigenvalue weighted by molar-refractivity contribution is 0.0935. The average molecular weight is 291 g/mol. The predicted octanol–water partition coefficient (Wildman–Crippen LogP) is 1.93. The Morgan fingerprint density at radius 1 is 1.40 bits per heavy atom. The second-order valence-corrected chi connectivity index (χ2v) is 5.69. The van der Waals surface area contributed by atoms with E-state index in [0.29, 0.717) is 11.4 Å². The number of amides is 1. The number of hydrogen-bond donors (Lipinski definition) is 3. The molecule has 1 amide bonds. The number of anilines is 1. The van der Waals surface area contributed by atoms with Crippen LogP contribution in [0.2, 0.25) is 0 Å². The second kappa shape index (κ2) is 5.98. The SMILES string of the molecule is Cc1nc(C)c(C(C)NC(=O)c2ccc(NN)cn2)s1. The van der Waals surface area contributed by atoms with Crippen molar-refractivity contribution in [3.05, 3.63) is 39.6 Å². The van der Waals surface area contributed by atoms with Crippen molar-refractivity contribution in [2.75, 3.05) is 5.43 Å². The van der Waals surface area contributed by atoms with Crippen LogP contribution >= 0.6 is 11.3 Å². The van der Waals surface area contributed by atoms with Crippen molar-refractivity contribution in [2.45, 2.75) is 26.8 Å². The Kier molecular flexibility index (Phi) is 4.31. The minimum absolute atomic E-state index is 0.0946. The molecule has 0 saturated heterocycles. The van der Waals surface area contributed by atoms with Crippen molar-refractivity contribution in [3.63, 3.8) is 0 Å². The first kappa shape index (κ1) is 14.4. The Morgan fingerprint density at radius 2 is 2.15 bits per heavy atom. The number of aryl methyl sites for hydroxylation is 2. The van der Waals surface area contributed by atoms with E-state index in [1.807, 2.05) is 20.8 Å². The van der Waals surface area contributed by atoms with E-state index in [-0.39, 0.29) is 11.9 Å². The Hall–Kier alpha value is -1.99. The maximum atomic E-state index is 12.1. The minimum atomic E-state index is -0.216. The third kappa shape index (κ3) is 3.12. The molecule has 0 aliphatic heterocycles. The van der Waals surface area contributed by atoms with Gasteiger partial charge < -0.3 is 10.7 Å². The summed E-state index contributed by atoms with van der Waals surface area (Å²) in [6.45, 7) is 5.84. The van der Waals surface area contributed by atoms with Gasteiger partial charge in [0.15, 0.2) is 0 Å². The topological polar surface area (TPSA) is 92.9 Å². The highest BCUT2D eigenvalue weighted by atomic mass is 32.1. The van der Waals surface area contributed by atoms with Gasteiger partial charge in [0.1, 0.15) is 5.69 Å². The zero-order valence-electron chi connectivity index (χ0n) is 11.6. The number of carbonyl (C=O) groups is 1. The molecule has 6 nitrogen and oxygen atoms in total. The lowest BCUT2D eigenvalue weighted by Crippen LogP contribution is -2.27. The zero-order chi connectivity index (χ0) is 14.7. The smallest absolute Gasteiger partial charge is 0.270 e. The molecule has 2 aromatic heterocycles. The largest absolute Gasteiger partial charge is 0.343 e. The maximum absolute atomic E-state index is 12.1. The van der Waals surface area contributed by atoms with E-state index in [2.05, 4.69) is 20.7 Å². The third-order valence-corrected chi connectivity index (χ3v) is 4.10. The highest BCUT2D eigenvalue weighted by molar-refractivity contribution is 7.11. The van der Waals surface area contributed by atoms with Crippen molar-refractivity contribution < 1.29 is 4.79 Å². The molecule has 0 fully saturated rings. The molecule has 106 valence electrons. The summed E-state index contributed by atoms with van der Waals surface area (Å²) in [4.78, 5) is 21.6. The molecule has 0 saturated carbocycles. The summed E-state index contributed by atoms with van der Waals surface area (Å²) in [6.07, 6.45) is 1.52. The van der Waals surface area contributed by atoms with Crippen molar-refractivity contribution in [1.29, 1.82) is 0 Å². The van der Waals surface area contributed by atoms with Gasteiger partial charge in [-0.2, -0.15) is 0 Å². The molecule has 0 aliphatic carbocycles. The number of nitrogens with one attached hydrogen (secondary N) is 2. The van der Waals surface area contributed by atoms with E-state index in [0.717, 1.165) is 15.6 Å². The third-order valence-electron chi connectivity index (χ3n) is 2.84. The van der Waals surface area contributed by atoms with Gasteiger partial charge in [-0.1, -0.05) is 0 Å². The van der Waals surface area contributed by atoms with Gasteiger partial charge in [-0.25, -0.2) is 9.97 Å². The fourth-order valence-electron chi connectivity index (χ4n) is 1.90. The molecule has 0 bridgehead atoms. The maximum Gasteiger partial charge on any atom is 0.270 e. The summed E-state index contributed by atoms with van der Waals surface area (Å²) in [5, 5.41) is 3.92. The lowest BCUT2D eigenvalue weighted by atomic mass is 10.2. The Bertz CT molecular complexity index is 608. The van der Waals surface area contributed by atoms with Crippen LogP contribution in [-0.4, -0.2) is 15.9 Å². The molecule has 0 radical (unpaired) electrons. The van der Waals surface area contributed by atoms with Crippen LogP contribution in [0, 0.1) is 13.8 Å². The van der Waals surface area contributed by atoms with E-state index in [9.17, 15) is 4.79 Å². The summed E-state index contributed by atoms with van der Waals surface area (Å²) in [5.74, 6) is 5.04. The van der Waals surface area contributed by atoms with Crippen molar-refractivity contribution in [2.24, 2.45) is 5.84 Å². The lowest BCUT2D eigenvalue weighted by Gasteiger charge is -2.12. The zero-order valence-corrected chi connectivity index (χ0v) is 12.4. The van der Waals surface area contributed by atoms with Crippen LogP contribution in [0.5, 0.6) is 0 Å². The highest BCUT2D eigenvalue weighted by Crippen LogP contribution is 2.24. The monoisotopic (exact) mass is 291 g/mol. The van der Waals surface area contributed by atoms with Gasteiger partial charge in [0.25, 0.3) is 5.91 Å². The number of thiazole rings is 1. The summed E-state index contributed by atoms with van der Waals surface area (Å²) in [6, 6.07) is 3.24. The molecular weight excluding hydrogens is 274 g/mol. The van der Waals surface area contributed by atoms with E-state index in [1.54, 1.807) is 23.5 Å². The van der Waals surface area contributed by atoms with Gasteiger partial charge in [0.2, 0.25) is 0 Å². The van der Waals surface area contributed by atoms with Crippen LogP contribution in [-0.2, 0) is 0 Å². The molecule has 1 atom stereocenters. The van der Waals surface area contributed by atoms with Crippen LogP contribution in [0.4, 0.5) is 5.69 Å². The number of nitrogens with zero attached hydrogens (tertiary/aromatic N) is 2. The number of carbonyl (C=O) groups excluding carboxylic acids is 1. The van der Waals surface area contributed by atoms with E-state index < -0.39 is 0 Å². The summed E-state index contributed by atoms with van der Waals surface area (Å²) in [5.41, 5.74) is 4.44. The molecule has 2 heterocycles. The normalized spacial score (nSPS) is 12.0. The van der Waals surface area contributed by atoms with Crippen LogP contribution in [0.15, 0.2) is 18.3 Å². The van der Waals surface area contributed by atoms with Gasteiger partial charge in [0, 0.05) is 4.88 Å². The molecule has 7 heteroatoms. The van der Waals surface area contributed by atoms with Crippen LogP contribution in [0.1, 0.15) is 39.0 Å².